The number of nitrogens with one attached hydrogen (secondary N) is 3. The van der Waals surface area contributed by atoms with Crippen LogP contribution in [-0.2, 0) is 14.2 Å². The summed E-state index contributed by atoms with van der Waals surface area (Å²) in [4.78, 5) is 12.1. The van der Waals surface area contributed by atoms with Crippen LogP contribution in [0.1, 0.15) is 29.8 Å². The Labute approximate surface area is 174 Å². The van der Waals surface area contributed by atoms with Gasteiger partial charge in [0.2, 0.25) is 0 Å². The smallest absolute Gasteiger partial charge is 0.251 e. The van der Waals surface area contributed by atoms with Crippen molar-refractivity contribution in [2.24, 2.45) is 0 Å². The van der Waals surface area contributed by atoms with Crippen LogP contribution < -0.4 is 16.0 Å². The Bertz CT molecular complexity index is 609. The number of amides is 1. The van der Waals surface area contributed by atoms with E-state index < -0.39 is 0 Å². The van der Waals surface area contributed by atoms with E-state index in [1.54, 1.807) is 12.1 Å². The number of hydrogen-bond acceptors (Lipinski definition) is 6. The fraction of sp³-hybridized carbons (Fsp3) is 0.591. The van der Waals surface area contributed by atoms with Crippen LogP contribution in [-0.4, -0.2) is 78.3 Å². The minimum Gasteiger partial charge on any atom is -0.378 e. The fourth-order valence-corrected chi connectivity index (χ4v) is 2.24. The molecule has 0 heterocycles. The molecule has 1 rings (SSSR count). The van der Waals surface area contributed by atoms with Gasteiger partial charge in [0.05, 0.1) is 46.2 Å². The van der Waals surface area contributed by atoms with E-state index in [4.69, 9.17) is 14.2 Å². The van der Waals surface area contributed by atoms with Gasteiger partial charge in [0.1, 0.15) is 0 Å². The predicted octanol–water partition coefficient (Wildman–Crippen LogP) is 1.04. The first-order valence-corrected chi connectivity index (χ1v) is 10.1. The predicted molar refractivity (Wildman–Crippen MR) is 115 cm³/mol. The summed E-state index contributed by atoms with van der Waals surface area (Å²) in [5.74, 6) is 5.88. The Morgan fingerprint density at radius 1 is 0.931 bits per heavy atom. The van der Waals surface area contributed by atoms with Crippen LogP contribution in [0.15, 0.2) is 24.3 Å². The van der Waals surface area contributed by atoms with Crippen molar-refractivity contribution < 1.29 is 19.0 Å². The highest BCUT2D eigenvalue weighted by atomic mass is 16.5. The molecule has 0 atom stereocenters. The van der Waals surface area contributed by atoms with Crippen molar-refractivity contribution in [2.45, 2.75) is 19.9 Å². The van der Waals surface area contributed by atoms with Crippen LogP contribution in [0.25, 0.3) is 0 Å². The van der Waals surface area contributed by atoms with E-state index >= 15 is 0 Å². The lowest BCUT2D eigenvalue weighted by Gasteiger charge is -2.09. The maximum absolute atomic E-state index is 12.1. The van der Waals surface area contributed by atoms with Gasteiger partial charge in [-0.2, -0.15) is 0 Å². The van der Waals surface area contributed by atoms with Crippen LogP contribution >= 0.6 is 0 Å². The normalized spacial score (nSPS) is 10.6. The highest BCUT2D eigenvalue weighted by molar-refractivity contribution is 5.94. The monoisotopic (exact) mass is 405 g/mol. The molecule has 0 radical (unpaired) electrons. The van der Waals surface area contributed by atoms with E-state index in [1.807, 2.05) is 19.2 Å². The molecule has 7 nitrogen and oxygen atoms in total. The van der Waals surface area contributed by atoms with E-state index in [9.17, 15) is 4.79 Å². The lowest BCUT2D eigenvalue weighted by Crippen LogP contribution is -2.27. The van der Waals surface area contributed by atoms with Gasteiger partial charge in [-0.25, -0.2) is 0 Å². The molecule has 0 saturated carbocycles. The number of carbonyl (C=O) groups excluding carboxylic acids is 1. The first kappa shape index (κ1) is 25.1. The Morgan fingerprint density at radius 3 is 2.10 bits per heavy atom. The highest BCUT2D eigenvalue weighted by Gasteiger charge is 2.04. The summed E-state index contributed by atoms with van der Waals surface area (Å²) in [6, 6.07) is 7.71. The lowest BCUT2D eigenvalue weighted by molar-refractivity contribution is 0.0155. The molecule has 0 spiro atoms. The van der Waals surface area contributed by atoms with Crippen LogP contribution in [0.5, 0.6) is 0 Å². The lowest BCUT2D eigenvalue weighted by atomic mass is 10.1. The SMILES string of the molecule is CNCC#Cc1ccc(C(=O)NCCOCCOCCOCCNC(C)C)cc1. The third-order valence-corrected chi connectivity index (χ3v) is 3.72. The van der Waals surface area contributed by atoms with Crippen LogP contribution in [0.3, 0.4) is 0 Å². The molecule has 29 heavy (non-hydrogen) atoms. The van der Waals surface area contributed by atoms with E-state index in [0.29, 0.717) is 64.3 Å². The molecular formula is C22H35N3O4. The summed E-state index contributed by atoms with van der Waals surface area (Å²) in [7, 11) is 1.85. The summed E-state index contributed by atoms with van der Waals surface area (Å²) < 4.78 is 16.3. The Balaban J connectivity index is 1.98. The average molecular weight is 406 g/mol. The first-order valence-electron chi connectivity index (χ1n) is 10.1. The van der Waals surface area contributed by atoms with Crippen molar-refractivity contribution in [3.8, 4) is 11.8 Å². The van der Waals surface area contributed by atoms with Crippen molar-refractivity contribution >= 4 is 5.91 Å². The average Bonchev–Trinajstić information content (AvgIpc) is 2.71. The van der Waals surface area contributed by atoms with Crippen molar-refractivity contribution in [1.82, 2.24) is 16.0 Å². The molecule has 0 fully saturated rings. The van der Waals surface area contributed by atoms with Crippen molar-refractivity contribution in [2.75, 3.05) is 66.3 Å². The molecule has 0 aliphatic heterocycles. The van der Waals surface area contributed by atoms with E-state index in [0.717, 1.165) is 12.1 Å². The molecule has 0 unspecified atom stereocenters. The zero-order valence-corrected chi connectivity index (χ0v) is 17.9. The van der Waals surface area contributed by atoms with Gasteiger partial charge in [-0.3, -0.25) is 4.79 Å². The van der Waals surface area contributed by atoms with Gasteiger partial charge in [0, 0.05) is 30.3 Å². The summed E-state index contributed by atoms with van der Waals surface area (Å²) in [6.07, 6.45) is 0. The number of benzene rings is 1. The molecule has 1 aromatic carbocycles. The van der Waals surface area contributed by atoms with Gasteiger partial charge in [0.15, 0.2) is 0 Å². The minimum absolute atomic E-state index is 0.122. The molecule has 0 bridgehead atoms. The molecule has 1 aromatic rings. The quantitative estimate of drug-likeness (QED) is 0.299. The molecule has 1 amide bonds. The van der Waals surface area contributed by atoms with Gasteiger partial charge >= 0.3 is 0 Å². The first-order chi connectivity index (χ1) is 14.1. The second-order valence-electron chi connectivity index (χ2n) is 6.61. The van der Waals surface area contributed by atoms with Gasteiger partial charge in [-0.15, -0.1) is 0 Å². The van der Waals surface area contributed by atoms with Gasteiger partial charge < -0.3 is 30.2 Å². The Kier molecular flexibility index (Phi) is 14.7. The van der Waals surface area contributed by atoms with Crippen molar-refractivity contribution in [3.63, 3.8) is 0 Å². The van der Waals surface area contributed by atoms with Crippen molar-refractivity contribution in [1.29, 1.82) is 0 Å². The maximum atomic E-state index is 12.1. The molecule has 162 valence electrons. The van der Waals surface area contributed by atoms with Gasteiger partial charge in [-0.05, 0) is 31.3 Å². The number of ether oxygens (including phenoxy) is 3. The second kappa shape index (κ2) is 17.0. The van der Waals surface area contributed by atoms with E-state index in [1.165, 1.54) is 0 Å². The zero-order chi connectivity index (χ0) is 21.2. The van der Waals surface area contributed by atoms with Crippen LogP contribution in [0.2, 0.25) is 0 Å². The molecule has 0 saturated heterocycles. The zero-order valence-electron chi connectivity index (χ0n) is 17.9. The second-order valence-corrected chi connectivity index (χ2v) is 6.61. The van der Waals surface area contributed by atoms with E-state index in [-0.39, 0.29) is 5.91 Å². The molecule has 0 aromatic heterocycles. The molecule has 0 aliphatic rings. The fourth-order valence-electron chi connectivity index (χ4n) is 2.24. The van der Waals surface area contributed by atoms with Gasteiger partial charge in [-0.1, -0.05) is 25.7 Å². The maximum Gasteiger partial charge on any atom is 0.251 e. The number of rotatable bonds is 15. The number of carbonyl (C=O) groups is 1. The number of hydrogen-bond donors (Lipinski definition) is 3. The molecular weight excluding hydrogens is 370 g/mol. The Morgan fingerprint density at radius 2 is 1.52 bits per heavy atom. The standard InChI is InChI=1S/C22H35N3O4/c1-19(2)24-11-13-27-15-17-29-18-16-28-14-12-25-22(26)21-8-6-20(7-9-21)5-4-10-23-3/h6-9,19,23-24H,10-18H2,1-3H3,(H,25,26). The van der Waals surface area contributed by atoms with Crippen LogP contribution in [0.4, 0.5) is 0 Å². The summed E-state index contributed by atoms with van der Waals surface area (Å²) in [5, 5.41) is 9.08. The Hall–Kier alpha value is -1.95. The minimum atomic E-state index is -0.122. The molecule has 0 aliphatic carbocycles. The van der Waals surface area contributed by atoms with E-state index in [2.05, 4.69) is 41.6 Å². The summed E-state index contributed by atoms with van der Waals surface area (Å²) in [5.41, 5.74) is 1.49. The van der Waals surface area contributed by atoms with Crippen molar-refractivity contribution in [3.05, 3.63) is 35.4 Å². The topological polar surface area (TPSA) is 80.9 Å². The third-order valence-electron chi connectivity index (χ3n) is 3.72. The third kappa shape index (κ3) is 13.8. The molecule has 7 heteroatoms. The summed E-state index contributed by atoms with van der Waals surface area (Å²) >= 11 is 0. The van der Waals surface area contributed by atoms with Crippen LogP contribution in [0, 0.1) is 11.8 Å². The van der Waals surface area contributed by atoms with Gasteiger partial charge in [0.25, 0.3) is 5.91 Å². The highest BCUT2D eigenvalue weighted by Crippen LogP contribution is 2.03. The summed E-state index contributed by atoms with van der Waals surface area (Å²) in [6.45, 7) is 9.41. The molecule has 3 N–H and O–H groups in total. The largest absolute Gasteiger partial charge is 0.378 e.